The summed E-state index contributed by atoms with van der Waals surface area (Å²) < 4.78 is 1.96. The summed E-state index contributed by atoms with van der Waals surface area (Å²) in [4.78, 5) is 5.26. The molecule has 92 valence electrons. The van der Waals surface area contributed by atoms with E-state index < -0.39 is 0 Å². The highest BCUT2D eigenvalue weighted by atomic mass is 35.5. The van der Waals surface area contributed by atoms with Crippen LogP contribution in [-0.4, -0.2) is 21.8 Å². The van der Waals surface area contributed by atoms with Crippen molar-refractivity contribution in [3.05, 3.63) is 33.5 Å². The summed E-state index contributed by atoms with van der Waals surface area (Å²) in [5.41, 5.74) is 2.84. The van der Waals surface area contributed by atoms with Crippen LogP contribution in [0, 0.1) is 0 Å². The van der Waals surface area contributed by atoms with Crippen molar-refractivity contribution in [1.29, 1.82) is 0 Å². The lowest BCUT2D eigenvalue weighted by atomic mass is 10.2. The minimum Gasteiger partial charge on any atom is -0.307 e. The normalized spacial score (nSPS) is 12.9. The van der Waals surface area contributed by atoms with Crippen molar-refractivity contribution in [2.75, 3.05) is 7.05 Å². The van der Waals surface area contributed by atoms with Gasteiger partial charge in [0.25, 0.3) is 0 Å². The van der Waals surface area contributed by atoms with Crippen LogP contribution in [0.4, 0.5) is 0 Å². The molecule has 0 aliphatic rings. The first kappa shape index (κ1) is 12.5. The zero-order valence-corrected chi connectivity index (χ0v) is 11.4. The fourth-order valence-electron chi connectivity index (χ4n) is 1.83. The Morgan fingerprint density at radius 3 is 2.94 bits per heavy atom. The SMILES string of the molecule is CCCn1ncc(Cl)c1C(NC)c1cncs1. The molecule has 4 nitrogen and oxygen atoms in total. The Kier molecular flexibility index (Phi) is 4.15. The highest BCUT2D eigenvalue weighted by Gasteiger charge is 2.21. The van der Waals surface area contributed by atoms with Crippen molar-refractivity contribution in [3.8, 4) is 0 Å². The second kappa shape index (κ2) is 5.62. The van der Waals surface area contributed by atoms with E-state index in [-0.39, 0.29) is 6.04 Å². The van der Waals surface area contributed by atoms with Crippen LogP contribution in [-0.2, 0) is 6.54 Å². The first-order valence-electron chi connectivity index (χ1n) is 5.54. The number of halogens is 1. The number of hydrogen-bond donors (Lipinski definition) is 1. The molecule has 0 radical (unpaired) electrons. The number of nitrogens with one attached hydrogen (secondary N) is 1. The van der Waals surface area contributed by atoms with Gasteiger partial charge in [0.15, 0.2) is 0 Å². The first-order chi connectivity index (χ1) is 8.27. The van der Waals surface area contributed by atoms with Crippen molar-refractivity contribution in [3.63, 3.8) is 0 Å². The third-order valence-electron chi connectivity index (χ3n) is 2.57. The molecular weight excluding hydrogens is 256 g/mol. The Labute approximate surface area is 110 Å². The van der Waals surface area contributed by atoms with Gasteiger partial charge in [-0.2, -0.15) is 5.10 Å². The molecule has 0 saturated carbocycles. The van der Waals surface area contributed by atoms with Gasteiger partial charge in [-0.1, -0.05) is 18.5 Å². The number of hydrogen-bond acceptors (Lipinski definition) is 4. The molecular formula is C11H15ClN4S. The predicted octanol–water partition coefficient (Wildman–Crippen LogP) is 2.71. The van der Waals surface area contributed by atoms with Crippen molar-refractivity contribution in [2.45, 2.75) is 25.9 Å². The lowest BCUT2D eigenvalue weighted by molar-refractivity contribution is 0.537. The van der Waals surface area contributed by atoms with Crippen LogP contribution in [0.15, 0.2) is 17.9 Å². The molecule has 1 unspecified atom stereocenters. The summed E-state index contributed by atoms with van der Waals surface area (Å²) in [6.07, 6.45) is 4.60. The van der Waals surface area contributed by atoms with Gasteiger partial charge >= 0.3 is 0 Å². The van der Waals surface area contributed by atoms with Crippen LogP contribution in [0.25, 0.3) is 0 Å². The van der Waals surface area contributed by atoms with E-state index in [9.17, 15) is 0 Å². The predicted molar refractivity (Wildman–Crippen MR) is 70.5 cm³/mol. The Morgan fingerprint density at radius 2 is 2.35 bits per heavy atom. The van der Waals surface area contributed by atoms with Crippen LogP contribution < -0.4 is 5.32 Å². The molecule has 0 spiro atoms. The third kappa shape index (κ3) is 2.51. The van der Waals surface area contributed by atoms with Gasteiger partial charge in [0.05, 0.1) is 28.5 Å². The van der Waals surface area contributed by atoms with E-state index in [0.29, 0.717) is 5.02 Å². The summed E-state index contributed by atoms with van der Waals surface area (Å²) in [6.45, 7) is 3.00. The largest absolute Gasteiger partial charge is 0.307 e. The van der Waals surface area contributed by atoms with Crippen molar-refractivity contribution in [2.24, 2.45) is 0 Å². The summed E-state index contributed by atoms with van der Waals surface area (Å²) >= 11 is 7.85. The number of aromatic nitrogens is 3. The quantitative estimate of drug-likeness (QED) is 0.908. The minimum absolute atomic E-state index is 0.0593. The fraction of sp³-hybridized carbons (Fsp3) is 0.455. The van der Waals surface area contributed by atoms with Crippen LogP contribution in [0.3, 0.4) is 0 Å². The van der Waals surface area contributed by atoms with Gasteiger partial charge in [-0.25, -0.2) is 0 Å². The lowest BCUT2D eigenvalue weighted by Crippen LogP contribution is -2.21. The number of thiazole rings is 1. The van der Waals surface area contributed by atoms with E-state index in [1.54, 1.807) is 17.5 Å². The van der Waals surface area contributed by atoms with Gasteiger partial charge in [-0.05, 0) is 13.5 Å². The molecule has 0 bridgehead atoms. The van der Waals surface area contributed by atoms with Crippen LogP contribution >= 0.6 is 22.9 Å². The van der Waals surface area contributed by atoms with Crippen LogP contribution in [0.5, 0.6) is 0 Å². The second-order valence-electron chi connectivity index (χ2n) is 3.73. The van der Waals surface area contributed by atoms with Gasteiger partial charge in [0.2, 0.25) is 0 Å². The van der Waals surface area contributed by atoms with Crippen LogP contribution in [0.2, 0.25) is 5.02 Å². The van der Waals surface area contributed by atoms with E-state index in [2.05, 4.69) is 22.3 Å². The Morgan fingerprint density at radius 1 is 1.53 bits per heavy atom. The second-order valence-corrected chi connectivity index (χ2v) is 5.05. The smallest absolute Gasteiger partial charge is 0.0870 e. The zero-order valence-electron chi connectivity index (χ0n) is 9.85. The molecule has 0 amide bonds. The third-order valence-corrected chi connectivity index (χ3v) is 3.70. The van der Waals surface area contributed by atoms with Gasteiger partial charge in [0.1, 0.15) is 0 Å². The van der Waals surface area contributed by atoms with Crippen LogP contribution in [0.1, 0.15) is 30.0 Å². The van der Waals surface area contributed by atoms with Crippen molar-refractivity contribution in [1.82, 2.24) is 20.1 Å². The molecule has 0 aliphatic heterocycles. The average Bonchev–Trinajstić information content (AvgIpc) is 2.94. The molecule has 0 aromatic carbocycles. The van der Waals surface area contributed by atoms with Crippen molar-refractivity contribution < 1.29 is 0 Å². The van der Waals surface area contributed by atoms with Crippen molar-refractivity contribution >= 4 is 22.9 Å². The van der Waals surface area contributed by atoms with E-state index in [4.69, 9.17) is 11.6 Å². The molecule has 2 aromatic heterocycles. The number of aryl methyl sites for hydroxylation is 1. The number of rotatable bonds is 5. The molecule has 0 fully saturated rings. The lowest BCUT2D eigenvalue weighted by Gasteiger charge is -2.16. The molecule has 0 saturated heterocycles. The highest BCUT2D eigenvalue weighted by Crippen LogP contribution is 2.29. The van der Waals surface area contributed by atoms with E-state index in [1.807, 2.05) is 23.4 Å². The minimum atomic E-state index is 0.0593. The van der Waals surface area contributed by atoms with Gasteiger partial charge in [-0.3, -0.25) is 9.67 Å². The van der Waals surface area contributed by atoms with Gasteiger partial charge in [-0.15, -0.1) is 11.3 Å². The molecule has 2 aromatic rings. The first-order valence-corrected chi connectivity index (χ1v) is 6.80. The Bertz CT molecular complexity index is 466. The molecule has 6 heteroatoms. The zero-order chi connectivity index (χ0) is 12.3. The molecule has 1 atom stereocenters. The number of nitrogens with zero attached hydrogens (tertiary/aromatic N) is 3. The standard InChI is InChI=1S/C11H15ClN4S/c1-3-4-16-11(8(12)5-15-16)10(13-2)9-6-14-7-17-9/h5-7,10,13H,3-4H2,1-2H3. The molecule has 2 heterocycles. The maximum Gasteiger partial charge on any atom is 0.0870 e. The summed E-state index contributed by atoms with van der Waals surface area (Å²) in [7, 11) is 1.92. The fourth-order valence-corrected chi connectivity index (χ4v) is 2.81. The summed E-state index contributed by atoms with van der Waals surface area (Å²) in [6, 6.07) is 0.0593. The highest BCUT2D eigenvalue weighted by molar-refractivity contribution is 7.09. The maximum atomic E-state index is 6.23. The molecule has 1 N–H and O–H groups in total. The van der Waals surface area contributed by atoms with Gasteiger partial charge in [0, 0.05) is 17.6 Å². The van der Waals surface area contributed by atoms with E-state index in [0.717, 1.165) is 23.5 Å². The molecule has 0 aliphatic carbocycles. The van der Waals surface area contributed by atoms with Gasteiger partial charge < -0.3 is 5.32 Å². The monoisotopic (exact) mass is 270 g/mol. The molecule has 17 heavy (non-hydrogen) atoms. The topological polar surface area (TPSA) is 42.7 Å². The van der Waals surface area contributed by atoms with E-state index in [1.165, 1.54) is 0 Å². The Hall–Kier alpha value is -0.910. The maximum absolute atomic E-state index is 6.23. The van der Waals surface area contributed by atoms with E-state index >= 15 is 0 Å². The summed E-state index contributed by atoms with van der Waals surface area (Å²) in [5, 5.41) is 8.28. The molecule has 2 rings (SSSR count). The average molecular weight is 271 g/mol. The Balaban J connectivity index is 2.39. The summed E-state index contributed by atoms with van der Waals surface area (Å²) in [5.74, 6) is 0.